The molecule has 2 aromatic rings. The van der Waals surface area contributed by atoms with E-state index in [1.54, 1.807) is 6.07 Å². The van der Waals surface area contributed by atoms with Crippen LogP contribution < -0.4 is 5.32 Å². The molecule has 28 heavy (non-hydrogen) atoms. The first-order chi connectivity index (χ1) is 13.4. The van der Waals surface area contributed by atoms with Crippen LogP contribution in [-0.4, -0.2) is 48.0 Å². The van der Waals surface area contributed by atoms with Crippen LogP contribution >= 0.6 is 0 Å². The van der Waals surface area contributed by atoms with Crippen molar-refractivity contribution < 1.29 is 24.2 Å². The number of aromatic carboxylic acids is 1. The fraction of sp³-hybridized carbons (Fsp3) is 0.286. The molecule has 2 rings (SSSR count). The Balaban J connectivity index is 2.03. The molecule has 0 aliphatic rings. The number of amides is 2. The Morgan fingerprint density at radius 1 is 1.07 bits per heavy atom. The maximum Gasteiger partial charge on any atom is 0.335 e. The van der Waals surface area contributed by atoms with Crippen LogP contribution in [0.2, 0.25) is 0 Å². The van der Waals surface area contributed by atoms with Gasteiger partial charge in [0, 0.05) is 26.3 Å². The number of anilines is 1. The molecule has 2 aromatic carbocycles. The highest BCUT2D eigenvalue weighted by Crippen LogP contribution is 2.16. The first kappa shape index (κ1) is 21.1. The highest BCUT2D eigenvalue weighted by atomic mass is 16.5. The van der Waals surface area contributed by atoms with E-state index in [2.05, 4.69) is 5.32 Å². The van der Waals surface area contributed by atoms with Crippen molar-refractivity contribution in [2.45, 2.75) is 20.0 Å². The van der Waals surface area contributed by atoms with Gasteiger partial charge in [0.1, 0.15) is 0 Å². The van der Waals surface area contributed by atoms with Crippen molar-refractivity contribution in [3.8, 4) is 0 Å². The number of carboxylic acid groups (broad SMARTS) is 1. The molecular weight excluding hydrogens is 360 g/mol. The molecule has 0 spiro atoms. The molecule has 0 saturated carbocycles. The number of rotatable bonds is 9. The summed E-state index contributed by atoms with van der Waals surface area (Å²) in [4.78, 5) is 37.0. The van der Waals surface area contributed by atoms with Gasteiger partial charge in [-0.1, -0.05) is 30.3 Å². The van der Waals surface area contributed by atoms with Gasteiger partial charge in [0.25, 0.3) is 0 Å². The van der Waals surface area contributed by atoms with Crippen LogP contribution in [0.3, 0.4) is 0 Å². The smallest absolute Gasteiger partial charge is 0.335 e. The summed E-state index contributed by atoms with van der Waals surface area (Å²) in [5, 5.41) is 11.9. The summed E-state index contributed by atoms with van der Waals surface area (Å²) in [5.41, 5.74) is 2.11. The highest BCUT2D eigenvalue weighted by molar-refractivity contribution is 5.96. The Labute approximate surface area is 163 Å². The molecule has 0 aliphatic heterocycles. The van der Waals surface area contributed by atoms with E-state index in [1.807, 2.05) is 30.3 Å². The number of nitrogens with one attached hydrogen (secondary N) is 1. The van der Waals surface area contributed by atoms with Crippen LogP contribution in [0.25, 0.3) is 0 Å². The zero-order valence-electron chi connectivity index (χ0n) is 16.0. The zero-order chi connectivity index (χ0) is 20.5. The van der Waals surface area contributed by atoms with E-state index in [1.165, 1.54) is 31.1 Å². The van der Waals surface area contributed by atoms with Gasteiger partial charge in [0.15, 0.2) is 0 Å². The van der Waals surface area contributed by atoms with Crippen molar-refractivity contribution in [3.63, 3.8) is 0 Å². The van der Waals surface area contributed by atoms with Gasteiger partial charge in [-0.15, -0.1) is 0 Å². The molecule has 0 bridgehead atoms. The number of hydrogen-bond acceptors (Lipinski definition) is 4. The predicted octanol–water partition coefficient (Wildman–Crippen LogP) is 2.56. The molecule has 7 nitrogen and oxygen atoms in total. The number of ether oxygens (including phenoxy) is 1. The SMILES string of the molecule is COCc1cc(NC(=O)CN(CCc2ccccc2)C(C)=O)cc(C(=O)O)c1. The zero-order valence-corrected chi connectivity index (χ0v) is 16.0. The molecular formula is C21H24N2O5. The van der Waals surface area contributed by atoms with Crippen molar-refractivity contribution in [1.82, 2.24) is 4.90 Å². The van der Waals surface area contributed by atoms with Crippen LogP contribution in [-0.2, 0) is 27.4 Å². The largest absolute Gasteiger partial charge is 0.478 e. The van der Waals surface area contributed by atoms with Gasteiger partial charge in [-0.2, -0.15) is 0 Å². The van der Waals surface area contributed by atoms with Crippen molar-refractivity contribution >= 4 is 23.5 Å². The quantitative estimate of drug-likeness (QED) is 0.693. The number of carboxylic acids is 1. The molecule has 2 amide bonds. The summed E-state index contributed by atoms with van der Waals surface area (Å²) in [6.07, 6.45) is 0.639. The predicted molar refractivity (Wildman–Crippen MR) is 105 cm³/mol. The average molecular weight is 384 g/mol. The first-order valence-electron chi connectivity index (χ1n) is 8.84. The van der Waals surface area contributed by atoms with Crippen LogP contribution in [0, 0.1) is 0 Å². The standard InChI is InChI=1S/C21H24N2O5/c1-15(24)23(9-8-16-6-4-3-5-7-16)13-20(25)22-19-11-17(14-28-2)10-18(12-19)21(26)27/h3-7,10-12H,8-9,13-14H2,1-2H3,(H,22,25)(H,26,27). The molecule has 2 N–H and O–H groups in total. The third kappa shape index (κ3) is 6.51. The van der Waals surface area contributed by atoms with E-state index in [0.717, 1.165) is 5.56 Å². The molecule has 0 aliphatic carbocycles. The summed E-state index contributed by atoms with van der Waals surface area (Å²) in [6, 6.07) is 14.2. The van der Waals surface area contributed by atoms with Crippen molar-refractivity contribution in [3.05, 3.63) is 65.2 Å². The van der Waals surface area contributed by atoms with Crippen molar-refractivity contribution in [1.29, 1.82) is 0 Å². The molecule has 0 radical (unpaired) electrons. The minimum Gasteiger partial charge on any atom is -0.478 e. The van der Waals surface area contributed by atoms with Crippen LogP contribution in [0.4, 0.5) is 5.69 Å². The van der Waals surface area contributed by atoms with Gasteiger partial charge in [-0.3, -0.25) is 9.59 Å². The lowest BCUT2D eigenvalue weighted by atomic mass is 10.1. The molecule has 0 atom stereocenters. The summed E-state index contributed by atoms with van der Waals surface area (Å²) >= 11 is 0. The summed E-state index contributed by atoms with van der Waals surface area (Å²) < 4.78 is 5.03. The number of benzene rings is 2. The molecule has 148 valence electrons. The second-order valence-electron chi connectivity index (χ2n) is 6.38. The van der Waals surface area contributed by atoms with E-state index >= 15 is 0 Å². The van der Waals surface area contributed by atoms with Gasteiger partial charge in [-0.25, -0.2) is 4.79 Å². The Kier molecular flexibility index (Phi) is 7.71. The summed E-state index contributed by atoms with van der Waals surface area (Å²) in [6.45, 7) is 1.94. The lowest BCUT2D eigenvalue weighted by Gasteiger charge is -2.20. The molecule has 0 saturated heterocycles. The average Bonchev–Trinajstić information content (AvgIpc) is 2.65. The fourth-order valence-corrected chi connectivity index (χ4v) is 2.77. The monoisotopic (exact) mass is 384 g/mol. The number of methoxy groups -OCH3 is 1. The first-order valence-corrected chi connectivity index (χ1v) is 8.84. The second-order valence-corrected chi connectivity index (χ2v) is 6.38. The van der Waals surface area contributed by atoms with Gasteiger partial charge in [0.05, 0.1) is 18.7 Å². The fourth-order valence-electron chi connectivity index (χ4n) is 2.77. The van der Waals surface area contributed by atoms with E-state index in [4.69, 9.17) is 4.74 Å². The van der Waals surface area contributed by atoms with Gasteiger partial charge >= 0.3 is 5.97 Å². The van der Waals surface area contributed by atoms with Gasteiger partial charge < -0.3 is 20.1 Å². The summed E-state index contributed by atoms with van der Waals surface area (Å²) in [5.74, 6) is -1.69. The maximum absolute atomic E-state index is 12.4. The molecule has 0 heterocycles. The number of hydrogen-bond donors (Lipinski definition) is 2. The van der Waals surface area contributed by atoms with E-state index < -0.39 is 11.9 Å². The third-order valence-electron chi connectivity index (χ3n) is 4.13. The van der Waals surface area contributed by atoms with E-state index in [9.17, 15) is 19.5 Å². The Bertz CT molecular complexity index is 836. The number of carbonyl (C=O) groups is 3. The Morgan fingerprint density at radius 2 is 1.79 bits per heavy atom. The van der Waals surface area contributed by atoms with Crippen LogP contribution in [0.15, 0.2) is 48.5 Å². The third-order valence-corrected chi connectivity index (χ3v) is 4.13. The molecule has 0 aromatic heterocycles. The Morgan fingerprint density at radius 3 is 2.39 bits per heavy atom. The van der Waals surface area contributed by atoms with E-state index in [-0.39, 0.29) is 24.6 Å². The molecule has 0 unspecified atom stereocenters. The van der Waals surface area contributed by atoms with E-state index in [0.29, 0.717) is 24.2 Å². The summed E-state index contributed by atoms with van der Waals surface area (Å²) in [7, 11) is 1.50. The van der Waals surface area contributed by atoms with Crippen LogP contribution in [0.1, 0.15) is 28.4 Å². The normalized spacial score (nSPS) is 10.4. The maximum atomic E-state index is 12.4. The molecule has 7 heteroatoms. The minimum absolute atomic E-state index is 0.0531. The van der Waals surface area contributed by atoms with Gasteiger partial charge in [0.2, 0.25) is 11.8 Å². The van der Waals surface area contributed by atoms with Crippen molar-refractivity contribution in [2.75, 3.05) is 25.5 Å². The minimum atomic E-state index is -1.10. The second kappa shape index (κ2) is 10.2. The lowest BCUT2D eigenvalue weighted by Crippen LogP contribution is -2.38. The van der Waals surface area contributed by atoms with Crippen molar-refractivity contribution in [2.24, 2.45) is 0 Å². The molecule has 0 fully saturated rings. The highest BCUT2D eigenvalue weighted by Gasteiger charge is 2.15. The topological polar surface area (TPSA) is 95.9 Å². The number of nitrogens with zero attached hydrogens (tertiary/aromatic N) is 1. The van der Waals surface area contributed by atoms with Gasteiger partial charge in [-0.05, 0) is 35.7 Å². The lowest BCUT2D eigenvalue weighted by molar-refractivity contribution is -0.132. The Hall–Kier alpha value is -3.19. The number of carbonyl (C=O) groups excluding carboxylic acids is 2. The van der Waals surface area contributed by atoms with Crippen LogP contribution in [0.5, 0.6) is 0 Å².